The predicted molar refractivity (Wildman–Crippen MR) is 151 cm³/mol. The van der Waals surface area contributed by atoms with Gasteiger partial charge in [-0.25, -0.2) is 4.68 Å². The zero-order valence-corrected chi connectivity index (χ0v) is 21.9. The summed E-state index contributed by atoms with van der Waals surface area (Å²) in [6, 6.07) is 43.6. The van der Waals surface area contributed by atoms with Crippen LogP contribution in [0.4, 0.5) is 0 Å². The standard InChI is InChI=1S/C32H32N2Si/c1-25-31(30(26-17-9-5-10-18-26)34(33-25)27-19-11-6-12-20-27)35(32(2,3)4,28-21-13-7-14-22-28)29-23-15-8-16-24-29/h5-24H,1-4H3. The zero-order chi connectivity index (χ0) is 24.5. The van der Waals surface area contributed by atoms with Crippen molar-refractivity contribution in [3.05, 3.63) is 127 Å². The van der Waals surface area contributed by atoms with Crippen molar-refractivity contribution >= 4 is 23.6 Å². The molecule has 0 saturated carbocycles. The summed E-state index contributed by atoms with van der Waals surface area (Å²) in [4.78, 5) is 0. The molecule has 0 saturated heterocycles. The maximum atomic E-state index is 5.24. The van der Waals surface area contributed by atoms with Crippen molar-refractivity contribution in [2.75, 3.05) is 0 Å². The minimum atomic E-state index is -2.59. The van der Waals surface area contributed by atoms with Gasteiger partial charge in [-0.05, 0) is 39.7 Å². The summed E-state index contributed by atoms with van der Waals surface area (Å²) in [5.74, 6) is 0. The van der Waals surface area contributed by atoms with Gasteiger partial charge in [0.25, 0.3) is 0 Å². The van der Waals surface area contributed by atoms with E-state index < -0.39 is 8.07 Å². The van der Waals surface area contributed by atoms with Gasteiger partial charge in [0.1, 0.15) is 0 Å². The van der Waals surface area contributed by atoms with Crippen LogP contribution in [0.3, 0.4) is 0 Å². The van der Waals surface area contributed by atoms with E-state index in [1.807, 2.05) is 0 Å². The molecule has 0 N–H and O–H groups in total. The van der Waals surface area contributed by atoms with Crippen LogP contribution >= 0.6 is 0 Å². The highest BCUT2D eigenvalue weighted by molar-refractivity contribution is 7.14. The molecule has 0 amide bonds. The first-order valence-corrected chi connectivity index (χ1v) is 14.3. The molecule has 0 unspecified atom stereocenters. The number of aromatic nitrogens is 2. The summed E-state index contributed by atoms with van der Waals surface area (Å²) in [6.07, 6.45) is 0. The largest absolute Gasteiger partial charge is 0.233 e. The van der Waals surface area contributed by atoms with Crippen molar-refractivity contribution in [1.29, 1.82) is 0 Å². The number of hydrogen-bond acceptors (Lipinski definition) is 1. The van der Waals surface area contributed by atoms with Crippen LogP contribution in [0.5, 0.6) is 0 Å². The van der Waals surface area contributed by atoms with E-state index in [4.69, 9.17) is 5.10 Å². The molecule has 3 heteroatoms. The second-order valence-electron chi connectivity index (χ2n) is 10.2. The van der Waals surface area contributed by atoms with Gasteiger partial charge in [0.2, 0.25) is 0 Å². The Balaban J connectivity index is 1.98. The Morgan fingerprint density at radius 3 is 1.49 bits per heavy atom. The summed E-state index contributed by atoms with van der Waals surface area (Å²) < 4.78 is 2.17. The van der Waals surface area contributed by atoms with Crippen molar-refractivity contribution in [3.63, 3.8) is 0 Å². The fraction of sp³-hybridized carbons (Fsp3) is 0.156. The predicted octanol–water partition coefficient (Wildman–Crippen LogP) is 6.12. The first kappa shape index (κ1) is 23.1. The maximum absolute atomic E-state index is 5.24. The van der Waals surface area contributed by atoms with Crippen molar-refractivity contribution in [2.45, 2.75) is 32.7 Å². The smallest absolute Gasteiger partial charge is 0.158 e. The third-order valence-electron chi connectivity index (χ3n) is 7.02. The Kier molecular flexibility index (Phi) is 6.04. The summed E-state index contributed by atoms with van der Waals surface area (Å²) in [7, 11) is -2.59. The normalized spacial score (nSPS) is 12.0. The Morgan fingerprint density at radius 2 is 1.03 bits per heavy atom. The summed E-state index contributed by atoms with van der Waals surface area (Å²) in [5, 5.41) is 9.42. The molecule has 0 aliphatic rings. The topological polar surface area (TPSA) is 17.8 Å². The molecule has 35 heavy (non-hydrogen) atoms. The minimum Gasteiger partial charge on any atom is -0.233 e. The first-order valence-electron chi connectivity index (χ1n) is 12.3. The van der Waals surface area contributed by atoms with E-state index >= 15 is 0 Å². The lowest BCUT2D eigenvalue weighted by molar-refractivity contribution is 0.739. The quantitative estimate of drug-likeness (QED) is 0.282. The molecule has 0 aliphatic heterocycles. The van der Waals surface area contributed by atoms with Gasteiger partial charge < -0.3 is 0 Å². The molecule has 0 atom stereocenters. The zero-order valence-electron chi connectivity index (χ0n) is 20.9. The van der Waals surface area contributed by atoms with Crippen LogP contribution in [0.25, 0.3) is 16.9 Å². The van der Waals surface area contributed by atoms with Gasteiger partial charge in [0.05, 0.1) is 17.1 Å². The van der Waals surface area contributed by atoms with E-state index in [1.165, 1.54) is 26.8 Å². The fourth-order valence-corrected chi connectivity index (χ4v) is 11.6. The average molecular weight is 473 g/mol. The fourth-order valence-electron chi connectivity index (χ4n) is 5.67. The first-order chi connectivity index (χ1) is 16.9. The number of para-hydroxylation sites is 1. The molecule has 0 radical (unpaired) electrons. The van der Waals surface area contributed by atoms with Gasteiger partial charge in [-0.15, -0.1) is 0 Å². The lowest BCUT2D eigenvalue weighted by Gasteiger charge is -2.45. The van der Waals surface area contributed by atoms with E-state index in [1.54, 1.807) is 0 Å². The Bertz CT molecular complexity index is 1360. The van der Waals surface area contributed by atoms with Crippen molar-refractivity contribution in [1.82, 2.24) is 9.78 Å². The lowest BCUT2D eigenvalue weighted by Crippen LogP contribution is -2.72. The molecule has 5 rings (SSSR count). The second kappa shape index (κ2) is 9.16. The van der Waals surface area contributed by atoms with Crippen LogP contribution in [-0.4, -0.2) is 17.9 Å². The maximum Gasteiger partial charge on any atom is 0.158 e. The van der Waals surface area contributed by atoms with Gasteiger partial charge in [-0.1, -0.05) is 130 Å². The van der Waals surface area contributed by atoms with Crippen LogP contribution in [0.2, 0.25) is 5.04 Å². The van der Waals surface area contributed by atoms with Crippen molar-refractivity contribution in [3.8, 4) is 16.9 Å². The van der Waals surface area contributed by atoms with Gasteiger partial charge >= 0.3 is 0 Å². The average Bonchev–Trinajstić information content (AvgIpc) is 3.23. The van der Waals surface area contributed by atoms with E-state index in [0.29, 0.717) is 0 Å². The molecule has 0 spiro atoms. The van der Waals surface area contributed by atoms with Crippen molar-refractivity contribution in [2.24, 2.45) is 0 Å². The molecule has 1 aromatic heterocycles. The number of nitrogens with zero attached hydrogens (tertiary/aromatic N) is 2. The van der Waals surface area contributed by atoms with E-state index in [0.717, 1.165) is 11.4 Å². The Morgan fingerprint density at radius 1 is 0.600 bits per heavy atom. The third-order valence-corrected chi connectivity index (χ3v) is 13.0. The van der Waals surface area contributed by atoms with Gasteiger partial charge in [-0.3, -0.25) is 0 Å². The Hall–Kier alpha value is -3.69. The number of rotatable bonds is 5. The number of aryl methyl sites for hydroxylation is 1. The van der Waals surface area contributed by atoms with Crippen molar-refractivity contribution < 1.29 is 0 Å². The summed E-state index contributed by atoms with van der Waals surface area (Å²) in [6.45, 7) is 9.43. The highest BCUT2D eigenvalue weighted by Gasteiger charge is 2.52. The molecule has 4 aromatic carbocycles. The highest BCUT2D eigenvalue weighted by atomic mass is 28.3. The van der Waals surface area contributed by atoms with E-state index in [2.05, 4.69) is 154 Å². The van der Waals surface area contributed by atoms with Gasteiger partial charge in [0, 0.05) is 5.56 Å². The number of benzene rings is 4. The molecule has 1 heterocycles. The SMILES string of the molecule is Cc1nn(-c2ccccc2)c(-c2ccccc2)c1[Si](c1ccccc1)(c1ccccc1)C(C)(C)C. The van der Waals surface area contributed by atoms with Crippen LogP contribution in [-0.2, 0) is 0 Å². The molecule has 0 aliphatic carbocycles. The van der Waals surface area contributed by atoms with Crippen LogP contribution < -0.4 is 15.6 Å². The number of hydrogen-bond donors (Lipinski definition) is 0. The molecule has 174 valence electrons. The van der Waals surface area contributed by atoms with E-state index in [-0.39, 0.29) is 5.04 Å². The second-order valence-corrected chi connectivity index (χ2v) is 14.8. The molecule has 2 nitrogen and oxygen atoms in total. The molecule has 5 aromatic rings. The third kappa shape index (κ3) is 3.86. The highest BCUT2D eigenvalue weighted by Crippen LogP contribution is 2.39. The monoisotopic (exact) mass is 472 g/mol. The summed E-state index contributed by atoms with van der Waals surface area (Å²) >= 11 is 0. The molecule has 0 fully saturated rings. The van der Waals surface area contributed by atoms with Gasteiger partial charge in [0.15, 0.2) is 8.07 Å². The lowest BCUT2D eigenvalue weighted by atomic mass is 10.1. The molecular weight excluding hydrogens is 440 g/mol. The minimum absolute atomic E-state index is 0.0193. The molecular formula is C32H32N2Si. The van der Waals surface area contributed by atoms with E-state index in [9.17, 15) is 0 Å². The van der Waals surface area contributed by atoms with Gasteiger partial charge in [-0.2, -0.15) is 5.10 Å². The van der Waals surface area contributed by atoms with Crippen LogP contribution in [0.1, 0.15) is 26.5 Å². The Labute approximate surface area is 209 Å². The van der Waals surface area contributed by atoms with Crippen LogP contribution in [0.15, 0.2) is 121 Å². The van der Waals surface area contributed by atoms with Crippen LogP contribution in [0, 0.1) is 6.92 Å². The molecule has 0 bridgehead atoms. The summed E-state index contributed by atoms with van der Waals surface area (Å²) in [5.41, 5.74) is 4.57.